The molecule has 1 amide bonds. The van der Waals surface area contributed by atoms with Crippen LogP contribution in [0.1, 0.15) is 29.8 Å². The Morgan fingerprint density at radius 1 is 1.22 bits per heavy atom. The van der Waals surface area contributed by atoms with E-state index in [1.165, 1.54) is 12.3 Å². The predicted molar refractivity (Wildman–Crippen MR) is 127 cm³/mol. The van der Waals surface area contributed by atoms with E-state index in [0.717, 1.165) is 23.5 Å². The molecule has 0 spiro atoms. The minimum absolute atomic E-state index is 0.0102. The van der Waals surface area contributed by atoms with E-state index in [4.69, 9.17) is 5.73 Å². The highest BCUT2D eigenvalue weighted by Crippen LogP contribution is 2.34. The molecule has 1 fully saturated rings. The Bertz CT molecular complexity index is 1220. The Kier molecular flexibility index (Phi) is 7.45. The van der Waals surface area contributed by atoms with Gasteiger partial charge in [0.25, 0.3) is 5.91 Å². The smallest absolute Gasteiger partial charge is 0.389 e. The van der Waals surface area contributed by atoms with E-state index in [0.29, 0.717) is 43.9 Å². The zero-order chi connectivity index (χ0) is 26.0. The van der Waals surface area contributed by atoms with Gasteiger partial charge in [-0.3, -0.25) is 9.48 Å². The summed E-state index contributed by atoms with van der Waals surface area (Å²) in [4.78, 5) is 19.0. The van der Waals surface area contributed by atoms with Gasteiger partial charge < -0.3 is 21.3 Å². The summed E-state index contributed by atoms with van der Waals surface area (Å²) in [5, 5.41) is 9.39. The molecule has 36 heavy (non-hydrogen) atoms. The van der Waals surface area contributed by atoms with Crippen LogP contribution in [0.2, 0.25) is 0 Å². The van der Waals surface area contributed by atoms with E-state index in [2.05, 4.69) is 20.7 Å². The molecule has 2 aromatic heterocycles. The molecule has 0 radical (unpaired) electrons. The second-order valence-electron chi connectivity index (χ2n) is 8.40. The van der Waals surface area contributed by atoms with Gasteiger partial charge in [0.15, 0.2) is 11.5 Å². The summed E-state index contributed by atoms with van der Waals surface area (Å²) in [5.41, 5.74) is 5.76. The third-order valence-electron chi connectivity index (χ3n) is 5.82. The third kappa shape index (κ3) is 5.75. The molecule has 0 saturated carbocycles. The molecular formula is C22H24F5N7OS. The average Bonchev–Trinajstić information content (AvgIpc) is 3.25. The van der Waals surface area contributed by atoms with E-state index in [-0.39, 0.29) is 27.3 Å². The van der Waals surface area contributed by atoms with Crippen molar-refractivity contribution in [2.75, 3.05) is 35.6 Å². The maximum atomic E-state index is 14.2. The van der Waals surface area contributed by atoms with Crippen molar-refractivity contribution in [3.05, 3.63) is 41.7 Å². The molecule has 1 aliphatic heterocycles. The molecule has 3 heterocycles. The van der Waals surface area contributed by atoms with Crippen molar-refractivity contribution in [3.63, 3.8) is 0 Å². The summed E-state index contributed by atoms with van der Waals surface area (Å²) in [6, 6.07) is 3.11. The lowest BCUT2D eigenvalue weighted by atomic mass is 10.1. The average molecular weight is 530 g/mol. The molecule has 194 valence electrons. The number of nitrogens with zero attached hydrogens (tertiary/aromatic N) is 4. The van der Waals surface area contributed by atoms with Crippen LogP contribution in [0, 0.1) is 11.6 Å². The minimum atomic E-state index is -4.28. The summed E-state index contributed by atoms with van der Waals surface area (Å²) < 4.78 is 67.6. The van der Waals surface area contributed by atoms with Crippen molar-refractivity contribution in [1.82, 2.24) is 20.1 Å². The number of aryl methyl sites for hydroxylation is 1. The fourth-order valence-electron chi connectivity index (χ4n) is 4.15. The van der Waals surface area contributed by atoms with Gasteiger partial charge in [-0.15, -0.1) is 0 Å². The summed E-state index contributed by atoms with van der Waals surface area (Å²) in [6.07, 6.45) is -1.13. The lowest BCUT2D eigenvalue weighted by molar-refractivity contribution is -0.126. The number of carbonyl (C=O) groups is 1. The van der Waals surface area contributed by atoms with Crippen molar-refractivity contribution in [2.45, 2.75) is 31.5 Å². The van der Waals surface area contributed by atoms with Crippen LogP contribution in [0.25, 0.3) is 10.6 Å². The molecule has 1 atom stereocenters. The van der Waals surface area contributed by atoms with Crippen LogP contribution >= 0.6 is 11.3 Å². The summed E-state index contributed by atoms with van der Waals surface area (Å²) in [7, 11) is 1.69. The molecule has 1 aromatic carbocycles. The number of nitrogens with one attached hydrogen (secondary N) is 2. The zero-order valence-electron chi connectivity index (χ0n) is 19.2. The topological polar surface area (TPSA) is 101 Å². The van der Waals surface area contributed by atoms with Gasteiger partial charge in [-0.25, -0.2) is 13.8 Å². The standard InChI is InChI=1S/C22H24F5N7OS/c1-33-21(34-8-3-4-12(7-9-34)29-11-22(25,26)27)15(10-30-33)31-19(35)17-18(28)36-20(32-17)16-13(23)5-2-6-14(16)24/h2,5-6,10,12,29H,3-4,7-9,11,28H2,1H3,(H,31,35)/t12-/m1/s1. The minimum Gasteiger partial charge on any atom is -0.389 e. The van der Waals surface area contributed by atoms with Crippen LogP contribution < -0.4 is 21.3 Å². The molecular weight excluding hydrogens is 505 g/mol. The first-order chi connectivity index (χ1) is 17.0. The molecule has 4 N–H and O–H groups in total. The van der Waals surface area contributed by atoms with Gasteiger partial charge in [0.1, 0.15) is 27.3 Å². The number of carbonyl (C=O) groups excluding carboxylic acids is 1. The third-order valence-corrected chi connectivity index (χ3v) is 6.72. The number of hydrogen-bond acceptors (Lipinski definition) is 7. The fraction of sp³-hybridized carbons (Fsp3) is 0.409. The highest BCUT2D eigenvalue weighted by atomic mass is 32.1. The lowest BCUT2D eigenvalue weighted by Crippen LogP contribution is -2.37. The Morgan fingerprint density at radius 3 is 2.64 bits per heavy atom. The number of aromatic nitrogens is 3. The normalized spacial score (nSPS) is 16.7. The van der Waals surface area contributed by atoms with E-state index in [1.54, 1.807) is 11.7 Å². The Balaban J connectivity index is 1.49. The molecule has 1 aliphatic rings. The van der Waals surface area contributed by atoms with Crippen molar-refractivity contribution in [3.8, 4) is 10.6 Å². The first kappa shape index (κ1) is 25.8. The fourth-order valence-corrected chi connectivity index (χ4v) is 5.03. The van der Waals surface area contributed by atoms with Gasteiger partial charge in [0.05, 0.1) is 18.3 Å². The molecule has 0 aliphatic carbocycles. The number of rotatable bonds is 6. The van der Waals surface area contributed by atoms with Crippen LogP contribution in [0.3, 0.4) is 0 Å². The highest BCUT2D eigenvalue weighted by Gasteiger charge is 2.30. The van der Waals surface area contributed by atoms with Crippen LogP contribution in [0.4, 0.5) is 38.5 Å². The van der Waals surface area contributed by atoms with E-state index in [1.807, 2.05) is 4.90 Å². The van der Waals surface area contributed by atoms with Gasteiger partial charge in [0.2, 0.25) is 0 Å². The van der Waals surface area contributed by atoms with Crippen LogP contribution in [-0.4, -0.2) is 52.5 Å². The van der Waals surface area contributed by atoms with Gasteiger partial charge in [-0.05, 0) is 31.4 Å². The molecule has 1 saturated heterocycles. The largest absolute Gasteiger partial charge is 0.401 e. The molecule has 14 heteroatoms. The number of halogens is 5. The molecule has 4 rings (SSSR count). The summed E-state index contributed by atoms with van der Waals surface area (Å²) in [5.74, 6) is -1.75. The summed E-state index contributed by atoms with van der Waals surface area (Å²) in [6.45, 7) is -0.0336. The maximum absolute atomic E-state index is 14.2. The molecule has 0 unspecified atom stereocenters. The van der Waals surface area contributed by atoms with Crippen molar-refractivity contribution >= 4 is 33.8 Å². The van der Waals surface area contributed by atoms with Crippen molar-refractivity contribution in [1.29, 1.82) is 0 Å². The molecule has 0 bridgehead atoms. The van der Waals surface area contributed by atoms with Gasteiger partial charge in [0, 0.05) is 26.2 Å². The molecule has 8 nitrogen and oxygen atoms in total. The zero-order valence-corrected chi connectivity index (χ0v) is 20.0. The van der Waals surface area contributed by atoms with Crippen molar-refractivity contribution < 1.29 is 26.7 Å². The number of thiazole rings is 1. The van der Waals surface area contributed by atoms with Crippen LogP contribution in [-0.2, 0) is 7.05 Å². The Hall–Kier alpha value is -3.26. The predicted octanol–water partition coefficient (Wildman–Crippen LogP) is 4.17. The monoisotopic (exact) mass is 529 g/mol. The van der Waals surface area contributed by atoms with E-state index < -0.39 is 30.3 Å². The number of nitrogen functional groups attached to an aromatic ring is 1. The number of anilines is 3. The number of alkyl halides is 3. The van der Waals surface area contributed by atoms with E-state index >= 15 is 0 Å². The number of hydrogen-bond donors (Lipinski definition) is 3. The Labute approximate surface area is 207 Å². The quantitative estimate of drug-likeness (QED) is 0.415. The second kappa shape index (κ2) is 10.4. The highest BCUT2D eigenvalue weighted by molar-refractivity contribution is 7.19. The number of amides is 1. The lowest BCUT2D eigenvalue weighted by Gasteiger charge is -2.24. The second-order valence-corrected chi connectivity index (χ2v) is 9.43. The summed E-state index contributed by atoms with van der Waals surface area (Å²) >= 11 is 0.789. The van der Waals surface area contributed by atoms with Crippen molar-refractivity contribution in [2.24, 2.45) is 7.05 Å². The van der Waals surface area contributed by atoms with Gasteiger partial charge >= 0.3 is 6.18 Å². The number of nitrogens with two attached hydrogens (primary N) is 1. The SMILES string of the molecule is Cn1ncc(NC(=O)c2nc(-c3c(F)cccc3F)sc2N)c1N1CCC[C@@H](NCC(F)(F)F)CC1. The maximum Gasteiger partial charge on any atom is 0.401 e. The first-order valence-corrected chi connectivity index (χ1v) is 11.9. The van der Waals surface area contributed by atoms with E-state index in [9.17, 15) is 26.7 Å². The van der Waals surface area contributed by atoms with Gasteiger partial charge in [-0.1, -0.05) is 17.4 Å². The van der Waals surface area contributed by atoms with Crippen LogP contribution in [0.5, 0.6) is 0 Å². The van der Waals surface area contributed by atoms with Crippen LogP contribution in [0.15, 0.2) is 24.4 Å². The Morgan fingerprint density at radius 2 is 1.94 bits per heavy atom. The first-order valence-electron chi connectivity index (χ1n) is 11.1. The number of benzene rings is 1. The molecule has 3 aromatic rings. The van der Waals surface area contributed by atoms with Gasteiger partial charge in [-0.2, -0.15) is 18.3 Å².